The summed E-state index contributed by atoms with van der Waals surface area (Å²) in [5, 5.41) is 6.78. The van der Waals surface area contributed by atoms with Gasteiger partial charge >= 0.3 is 0 Å². The zero-order valence-corrected chi connectivity index (χ0v) is 12.8. The van der Waals surface area contributed by atoms with Gasteiger partial charge in [-0.25, -0.2) is 9.97 Å². The molecule has 0 amide bonds. The zero-order valence-electron chi connectivity index (χ0n) is 12.8. The van der Waals surface area contributed by atoms with Crippen LogP contribution in [-0.2, 0) is 4.74 Å². The van der Waals surface area contributed by atoms with Crippen LogP contribution in [0.3, 0.4) is 0 Å². The highest BCUT2D eigenvalue weighted by atomic mass is 16.5. The Kier molecular flexibility index (Phi) is 5.59. The molecule has 0 spiro atoms. The Hall–Kier alpha value is -1.36. The van der Waals surface area contributed by atoms with Crippen LogP contribution in [0.4, 0.5) is 11.6 Å². The van der Waals surface area contributed by atoms with E-state index < -0.39 is 0 Å². The molecule has 0 saturated carbocycles. The summed E-state index contributed by atoms with van der Waals surface area (Å²) in [7, 11) is 0. The smallest absolute Gasteiger partial charge is 0.134 e. The number of aromatic nitrogens is 2. The van der Waals surface area contributed by atoms with E-state index in [2.05, 4.69) is 34.4 Å². The molecule has 2 rings (SSSR count). The number of nitrogens with zero attached hydrogens (tertiary/aromatic N) is 2. The van der Waals surface area contributed by atoms with Crippen LogP contribution in [0.1, 0.15) is 44.0 Å². The maximum Gasteiger partial charge on any atom is 0.134 e. The standard InChI is InChI=1S/C15H26N4O/c1-4-8-16-14-11(2)15(19-12(3)18-14)17-10-13-7-5-6-9-20-13/h13H,4-10H2,1-3H3,(H2,16,17,18,19). The van der Waals surface area contributed by atoms with Crippen LogP contribution in [0.15, 0.2) is 0 Å². The van der Waals surface area contributed by atoms with Crippen molar-refractivity contribution in [2.45, 2.75) is 52.6 Å². The van der Waals surface area contributed by atoms with E-state index in [0.29, 0.717) is 6.10 Å². The van der Waals surface area contributed by atoms with Gasteiger partial charge in [-0.15, -0.1) is 0 Å². The average molecular weight is 278 g/mol. The van der Waals surface area contributed by atoms with Crippen LogP contribution in [0.2, 0.25) is 0 Å². The van der Waals surface area contributed by atoms with Gasteiger partial charge in [0.2, 0.25) is 0 Å². The van der Waals surface area contributed by atoms with Gasteiger partial charge in [0.1, 0.15) is 17.5 Å². The van der Waals surface area contributed by atoms with Gasteiger partial charge in [0.15, 0.2) is 0 Å². The van der Waals surface area contributed by atoms with E-state index in [0.717, 1.165) is 55.6 Å². The quantitative estimate of drug-likeness (QED) is 0.838. The molecule has 20 heavy (non-hydrogen) atoms. The maximum absolute atomic E-state index is 5.74. The van der Waals surface area contributed by atoms with E-state index in [1.54, 1.807) is 0 Å². The molecule has 0 aromatic carbocycles. The molecule has 1 aliphatic heterocycles. The van der Waals surface area contributed by atoms with Crippen molar-refractivity contribution in [3.05, 3.63) is 11.4 Å². The summed E-state index contributed by atoms with van der Waals surface area (Å²) in [4.78, 5) is 8.98. The van der Waals surface area contributed by atoms with Crippen LogP contribution in [-0.4, -0.2) is 35.8 Å². The van der Waals surface area contributed by atoms with Gasteiger partial charge in [-0.1, -0.05) is 6.92 Å². The lowest BCUT2D eigenvalue weighted by molar-refractivity contribution is 0.0247. The minimum Gasteiger partial charge on any atom is -0.376 e. The molecule has 2 heterocycles. The van der Waals surface area contributed by atoms with Crippen molar-refractivity contribution in [2.75, 3.05) is 30.3 Å². The number of aryl methyl sites for hydroxylation is 1. The summed E-state index contributed by atoms with van der Waals surface area (Å²) >= 11 is 0. The van der Waals surface area contributed by atoms with Crippen molar-refractivity contribution in [2.24, 2.45) is 0 Å². The molecule has 1 saturated heterocycles. The largest absolute Gasteiger partial charge is 0.376 e. The van der Waals surface area contributed by atoms with Gasteiger partial charge in [-0.2, -0.15) is 0 Å². The van der Waals surface area contributed by atoms with E-state index in [-0.39, 0.29) is 0 Å². The molecule has 5 nitrogen and oxygen atoms in total. The first-order valence-electron chi connectivity index (χ1n) is 7.65. The van der Waals surface area contributed by atoms with Crippen molar-refractivity contribution in [1.82, 2.24) is 9.97 Å². The highest BCUT2D eigenvalue weighted by molar-refractivity contribution is 5.57. The second kappa shape index (κ2) is 7.43. The number of ether oxygens (including phenoxy) is 1. The van der Waals surface area contributed by atoms with Crippen LogP contribution in [0.5, 0.6) is 0 Å². The van der Waals surface area contributed by atoms with Gasteiger partial charge in [0.05, 0.1) is 6.10 Å². The topological polar surface area (TPSA) is 59.1 Å². The third kappa shape index (κ3) is 4.07. The van der Waals surface area contributed by atoms with E-state index in [9.17, 15) is 0 Å². The second-order valence-electron chi connectivity index (χ2n) is 5.39. The fourth-order valence-electron chi connectivity index (χ4n) is 2.39. The molecule has 1 atom stereocenters. The lowest BCUT2D eigenvalue weighted by Crippen LogP contribution is -2.27. The Balaban J connectivity index is 2.00. The number of rotatable bonds is 6. The van der Waals surface area contributed by atoms with Gasteiger partial charge < -0.3 is 15.4 Å². The SMILES string of the molecule is CCCNc1nc(C)nc(NCC2CCCCO2)c1C. The number of hydrogen-bond donors (Lipinski definition) is 2. The molecule has 0 bridgehead atoms. The molecule has 1 aromatic rings. The van der Waals surface area contributed by atoms with Crippen molar-refractivity contribution in [3.63, 3.8) is 0 Å². The molecule has 1 unspecified atom stereocenters. The second-order valence-corrected chi connectivity index (χ2v) is 5.39. The van der Waals surface area contributed by atoms with Crippen molar-refractivity contribution in [1.29, 1.82) is 0 Å². The lowest BCUT2D eigenvalue weighted by atomic mass is 10.1. The van der Waals surface area contributed by atoms with E-state index in [1.165, 1.54) is 12.8 Å². The first-order chi connectivity index (χ1) is 9.70. The highest BCUT2D eigenvalue weighted by Gasteiger charge is 2.15. The Morgan fingerprint density at radius 2 is 1.90 bits per heavy atom. The maximum atomic E-state index is 5.74. The van der Waals surface area contributed by atoms with Crippen LogP contribution >= 0.6 is 0 Å². The Bertz CT molecular complexity index is 430. The molecule has 112 valence electrons. The Labute approximate surface area is 121 Å². The number of anilines is 2. The third-order valence-electron chi connectivity index (χ3n) is 3.57. The normalized spacial score (nSPS) is 18.9. The predicted molar refractivity (Wildman–Crippen MR) is 82.4 cm³/mol. The first kappa shape index (κ1) is 15.0. The van der Waals surface area contributed by atoms with Crippen molar-refractivity contribution in [3.8, 4) is 0 Å². The van der Waals surface area contributed by atoms with Gasteiger partial charge in [-0.05, 0) is 39.5 Å². The fraction of sp³-hybridized carbons (Fsp3) is 0.733. The molecule has 2 N–H and O–H groups in total. The summed E-state index contributed by atoms with van der Waals surface area (Å²) in [6.45, 7) is 8.78. The number of nitrogens with one attached hydrogen (secondary N) is 2. The van der Waals surface area contributed by atoms with Gasteiger partial charge in [0.25, 0.3) is 0 Å². The molecular formula is C15H26N4O. The van der Waals surface area contributed by atoms with Gasteiger partial charge in [-0.3, -0.25) is 0 Å². The Morgan fingerprint density at radius 1 is 1.15 bits per heavy atom. The molecule has 5 heteroatoms. The van der Waals surface area contributed by atoms with Crippen LogP contribution in [0.25, 0.3) is 0 Å². The minimum atomic E-state index is 0.311. The summed E-state index contributed by atoms with van der Waals surface area (Å²) in [6, 6.07) is 0. The van der Waals surface area contributed by atoms with Crippen LogP contribution in [0, 0.1) is 13.8 Å². The molecule has 1 aliphatic rings. The predicted octanol–water partition coefficient (Wildman–Crippen LogP) is 2.90. The van der Waals surface area contributed by atoms with E-state index >= 15 is 0 Å². The highest BCUT2D eigenvalue weighted by Crippen LogP contribution is 2.21. The van der Waals surface area contributed by atoms with E-state index in [4.69, 9.17) is 4.74 Å². The monoisotopic (exact) mass is 278 g/mol. The number of hydrogen-bond acceptors (Lipinski definition) is 5. The lowest BCUT2D eigenvalue weighted by Gasteiger charge is -2.23. The van der Waals surface area contributed by atoms with Gasteiger partial charge in [0, 0.05) is 25.3 Å². The summed E-state index contributed by atoms with van der Waals surface area (Å²) < 4.78 is 5.74. The van der Waals surface area contributed by atoms with E-state index in [1.807, 2.05) is 6.92 Å². The summed E-state index contributed by atoms with van der Waals surface area (Å²) in [5.41, 5.74) is 1.08. The molecule has 1 aromatic heterocycles. The molecule has 1 fully saturated rings. The third-order valence-corrected chi connectivity index (χ3v) is 3.57. The van der Waals surface area contributed by atoms with Crippen LogP contribution < -0.4 is 10.6 Å². The van der Waals surface area contributed by atoms with Crippen molar-refractivity contribution >= 4 is 11.6 Å². The summed E-state index contributed by atoms with van der Waals surface area (Å²) in [5.74, 6) is 2.65. The zero-order chi connectivity index (χ0) is 14.4. The Morgan fingerprint density at radius 3 is 2.55 bits per heavy atom. The summed E-state index contributed by atoms with van der Waals surface area (Å²) in [6.07, 6.45) is 4.98. The molecular weight excluding hydrogens is 252 g/mol. The fourth-order valence-corrected chi connectivity index (χ4v) is 2.39. The van der Waals surface area contributed by atoms with Crippen molar-refractivity contribution < 1.29 is 4.74 Å². The molecule has 0 radical (unpaired) electrons. The minimum absolute atomic E-state index is 0.311. The average Bonchev–Trinajstić information content (AvgIpc) is 2.47. The molecule has 0 aliphatic carbocycles. The first-order valence-corrected chi connectivity index (χ1v) is 7.65.